The number of benzene rings is 1. The van der Waals surface area contributed by atoms with Crippen LogP contribution in [-0.2, 0) is 4.79 Å². The number of anilines is 1. The molecule has 1 aromatic rings. The molecule has 22 heavy (non-hydrogen) atoms. The Hall–Kier alpha value is -1.51. The molecule has 0 saturated carbocycles. The lowest BCUT2D eigenvalue weighted by Gasteiger charge is -2.50. The standard InChI is InChI=1S/C19H29NO2/c1-6-7-11-16(18(21)22)20-17-13(2)9-8-10-15(17)14(3)12-19(20,4)5/h8-10,14,16H,6-7,11-12H2,1-5H3,(H,21,22)/t14-,16+/m1/s1. The third kappa shape index (κ3) is 2.99. The number of aryl methyl sites for hydroxylation is 1. The summed E-state index contributed by atoms with van der Waals surface area (Å²) in [6.45, 7) is 10.8. The van der Waals surface area contributed by atoms with Gasteiger partial charge < -0.3 is 10.0 Å². The largest absolute Gasteiger partial charge is 0.480 e. The minimum Gasteiger partial charge on any atom is -0.480 e. The maximum atomic E-state index is 12.0. The smallest absolute Gasteiger partial charge is 0.326 e. The second kappa shape index (κ2) is 6.31. The average molecular weight is 303 g/mol. The van der Waals surface area contributed by atoms with Crippen molar-refractivity contribution in [2.45, 2.75) is 77.8 Å². The summed E-state index contributed by atoms with van der Waals surface area (Å²) in [5, 5.41) is 9.83. The van der Waals surface area contributed by atoms with Gasteiger partial charge in [-0.1, -0.05) is 44.9 Å². The Bertz CT molecular complexity index is 550. The summed E-state index contributed by atoms with van der Waals surface area (Å²) >= 11 is 0. The van der Waals surface area contributed by atoms with Gasteiger partial charge in [-0.2, -0.15) is 0 Å². The van der Waals surface area contributed by atoms with Gasteiger partial charge in [-0.15, -0.1) is 0 Å². The van der Waals surface area contributed by atoms with Crippen molar-refractivity contribution >= 4 is 11.7 Å². The van der Waals surface area contributed by atoms with Crippen LogP contribution in [0.3, 0.4) is 0 Å². The molecule has 0 bridgehead atoms. The molecule has 0 fully saturated rings. The van der Waals surface area contributed by atoms with Crippen molar-refractivity contribution in [1.29, 1.82) is 0 Å². The molecule has 1 aromatic carbocycles. The summed E-state index contributed by atoms with van der Waals surface area (Å²) in [4.78, 5) is 14.1. The van der Waals surface area contributed by atoms with E-state index >= 15 is 0 Å². The van der Waals surface area contributed by atoms with Crippen LogP contribution in [-0.4, -0.2) is 22.7 Å². The molecular weight excluding hydrogens is 274 g/mol. The van der Waals surface area contributed by atoms with Gasteiger partial charge in [-0.3, -0.25) is 0 Å². The second-order valence-corrected chi connectivity index (χ2v) is 7.30. The quantitative estimate of drug-likeness (QED) is 0.854. The molecule has 122 valence electrons. The third-order valence-corrected chi connectivity index (χ3v) is 4.93. The number of aliphatic carboxylic acids is 1. The molecule has 2 atom stereocenters. The summed E-state index contributed by atoms with van der Waals surface area (Å²) in [5.41, 5.74) is 3.48. The zero-order valence-corrected chi connectivity index (χ0v) is 14.5. The lowest BCUT2D eigenvalue weighted by Crippen LogP contribution is -2.56. The number of carbonyl (C=O) groups is 1. The highest BCUT2D eigenvalue weighted by Gasteiger charge is 2.42. The van der Waals surface area contributed by atoms with Gasteiger partial charge in [-0.25, -0.2) is 4.79 Å². The molecule has 0 unspecified atom stereocenters. The van der Waals surface area contributed by atoms with Crippen molar-refractivity contribution in [3.05, 3.63) is 29.3 Å². The van der Waals surface area contributed by atoms with E-state index in [9.17, 15) is 9.90 Å². The molecular formula is C19H29NO2. The van der Waals surface area contributed by atoms with Gasteiger partial charge in [0.05, 0.1) is 0 Å². The lowest BCUT2D eigenvalue weighted by molar-refractivity contribution is -0.139. The van der Waals surface area contributed by atoms with Crippen molar-refractivity contribution < 1.29 is 9.90 Å². The van der Waals surface area contributed by atoms with Crippen LogP contribution in [0.5, 0.6) is 0 Å². The van der Waals surface area contributed by atoms with E-state index in [0.717, 1.165) is 24.9 Å². The Kier molecular flexibility index (Phi) is 4.84. The van der Waals surface area contributed by atoms with Crippen molar-refractivity contribution in [3.8, 4) is 0 Å². The first kappa shape index (κ1) is 16.9. The van der Waals surface area contributed by atoms with E-state index in [-0.39, 0.29) is 5.54 Å². The van der Waals surface area contributed by atoms with E-state index in [4.69, 9.17) is 0 Å². The summed E-state index contributed by atoms with van der Waals surface area (Å²) in [7, 11) is 0. The zero-order chi connectivity index (χ0) is 16.5. The van der Waals surface area contributed by atoms with E-state index < -0.39 is 12.0 Å². The van der Waals surface area contributed by atoms with Gasteiger partial charge in [0.15, 0.2) is 0 Å². The molecule has 2 rings (SSSR count). The summed E-state index contributed by atoms with van der Waals surface area (Å²) in [5.74, 6) is -0.243. The van der Waals surface area contributed by atoms with Crippen molar-refractivity contribution in [2.24, 2.45) is 0 Å². The van der Waals surface area contributed by atoms with Gasteiger partial charge in [0, 0.05) is 11.2 Å². The Labute approximate surface area is 134 Å². The minimum atomic E-state index is -0.703. The van der Waals surface area contributed by atoms with Crippen LogP contribution in [0.15, 0.2) is 18.2 Å². The number of hydrogen-bond acceptors (Lipinski definition) is 2. The van der Waals surface area contributed by atoms with Gasteiger partial charge in [0.2, 0.25) is 0 Å². The maximum Gasteiger partial charge on any atom is 0.326 e. The average Bonchev–Trinajstić information content (AvgIpc) is 2.42. The Morgan fingerprint density at radius 2 is 2.14 bits per heavy atom. The van der Waals surface area contributed by atoms with Crippen LogP contribution in [0.1, 0.15) is 70.4 Å². The maximum absolute atomic E-state index is 12.0. The number of carboxylic acid groups (broad SMARTS) is 1. The summed E-state index contributed by atoms with van der Waals surface area (Å²) in [6, 6.07) is 5.90. The Morgan fingerprint density at radius 3 is 2.73 bits per heavy atom. The SMILES string of the molecule is CCCC[C@@H](C(=O)O)N1c2c(C)cccc2[C@H](C)CC1(C)C. The van der Waals surface area contributed by atoms with Crippen LogP contribution in [0.25, 0.3) is 0 Å². The number of carboxylic acids is 1. The molecule has 3 nitrogen and oxygen atoms in total. The molecule has 3 heteroatoms. The van der Waals surface area contributed by atoms with Crippen LogP contribution in [0, 0.1) is 6.92 Å². The topological polar surface area (TPSA) is 40.5 Å². The fourth-order valence-corrected chi connectivity index (χ4v) is 4.01. The van der Waals surface area contributed by atoms with Crippen LogP contribution in [0.4, 0.5) is 5.69 Å². The lowest BCUT2D eigenvalue weighted by atomic mass is 9.77. The van der Waals surface area contributed by atoms with Gasteiger partial charge in [-0.05, 0) is 50.7 Å². The number of hydrogen-bond donors (Lipinski definition) is 1. The molecule has 0 aromatic heterocycles. The van der Waals surface area contributed by atoms with Gasteiger partial charge in [0.1, 0.15) is 6.04 Å². The molecule has 1 aliphatic heterocycles. The molecule has 0 saturated heterocycles. The molecule has 0 aliphatic carbocycles. The predicted molar refractivity (Wildman–Crippen MR) is 91.7 cm³/mol. The van der Waals surface area contributed by atoms with E-state index in [1.54, 1.807) is 0 Å². The molecule has 0 amide bonds. The number of unbranched alkanes of at least 4 members (excludes halogenated alkanes) is 1. The van der Waals surface area contributed by atoms with Crippen molar-refractivity contribution in [3.63, 3.8) is 0 Å². The highest BCUT2D eigenvalue weighted by molar-refractivity contribution is 5.81. The highest BCUT2D eigenvalue weighted by Crippen LogP contribution is 2.46. The second-order valence-electron chi connectivity index (χ2n) is 7.30. The molecule has 0 radical (unpaired) electrons. The third-order valence-electron chi connectivity index (χ3n) is 4.93. The highest BCUT2D eigenvalue weighted by atomic mass is 16.4. The summed E-state index contributed by atoms with van der Waals surface area (Å²) in [6.07, 6.45) is 3.66. The first-order valence-corrected chi connectivity index (χ1v) is 8.41. The Morgan fingerprint density at radius 1 is 1.45 bits per heavy atom. The van der Waals surface area contributed by atoms with Crippen molar-refractivity contribution in [2.75, 3.05) is 4.90 Å². The molecule has 1 N–H and O–H groups in total. The molecule has 0 spiro atoms. The zero-order valence-electron chi connectivity index (χ0n) is 14.5. The van der Waals surface area contributed by atoms with Crippen LogP contribution in [0.2, 0.25) is 0 Å². The number of rotatable bonds is 5. The van der Waals surface area contributed by atoms with Gasteiger partial charge >= 0.3 is 5.97 Å². The predicted octanol–water partition coefficient (Wildman–Crippen LogP) is 4.73. The summed E-state index contributed by atoms with van der Waals surface area (Å²) < 4.78 is 0. The fourth-order valence-electron chi connectivity index (χ4n) is 4.01. The number of fused-ring (bicyclic) bond motifs is 1. The van der Waals surface area contributed by atoms with Crippen LogP contribution < -0.4 is 4.90 Å². The van der Waals surface area contributed by atoms with E-state index in [0.29, 0.717) is 12.3 Å². The van der Waals surface area contributed by atoms with Gasteiger partial charge in [0.25, 0.3) is 0 Å². The fraction of sp³-hybridized carbons (Fsp3) is 0.632. The minimum absolute atomic E-state index is 0.144. The first-order chi connectivity index (χ1) is 10.3. The number of nitrogens with zero attached hydrogens (tertiary/aromatic N) is 1. The monoisotopic (exact) mass is 303 g/mol. The van der Waals surface area contributed by atoms with Crippen molar-refractivity contribution in [1.82, 2.24) is 0 Å². The van der Waals surface area contributed by atoms with E-state index in [2.05, 4.69) is 57.7 Å². The Balaban J connectivity index is 2.56. The van der Waals surface area contributed by atoms with E-state index in [1.807, 2.05) is 0 Å². The van der Waals surface area contributed by atoms with Crippen LogP contribution >= 0.6 is 0 Å². The normalized spacial score (nSPS) is 21.3. The van der Waals surface area contributed by atoms with E-state index in [1.165, 1.54) is 11.1 Å². The molecule has 1 aliphatic rings. The molecule has 1 heterocycles. The first-order valence-electron chi connectivity index (χ1n) is 8.41. The number of para-hydroxylation sites is 1.